The van der Waals surface area contributed by atoms with Crippen LogP contribution in [0.25, 0.3) is 44.3 Å². The Bertz CT molecular complexity index is 2700. The van der Waals surface area contributed by atoms with Crippen LogP contribution in [-0.4, -0.2) is 71.1 Å². The number of imidazole rings is 2. The number of aromatic nitrogens is 6. The molecule has 14 nitrogen and oxygen atoms in total. The quantitative estimate of drug-likeness (QED) is 0.119. The highest BCUT2D eigenvalue weighted by molar-refractivity contribution is 14.1. The highest BCUT2D eigenvalue weighted by Crippen LogP contribution is 2.44. The van der Waals surface area contributed by atoms with E-state index < -0.39 is 35.6 Å². The zero-order valence-electron chi connectivity index (χ0n) is 38.2. The van der Waals surface area contributed by atoms with E-state index in [2.05, 4.69) is 39.0 Å². The van der Waals surface area contributed by atoms with E-state index in [9.17, 15) is 9.59 Å². The molecule has 6 aromatic rings. The molecule has 2 aliphatic carbocycles. The van der Waals surface area contributed by atoms with Crippen LogP contribution in [0.3, 0.4) is 0 Å². The molecule has 0 unspecified atom stereocenters. The van der Waals surface area contributed by atoms with E-state index in [1.54, 1.807) is 9.13 Å². The van der Waals surface area contributed by atoms with Gasteiger partial charge in [-0.3, -0.25) is 0 Å². The van der Waals surface area contributed by atoms with Gasteiger partial charge in [-0.1, -0.05) is 16.4 Å². The molecule has 0 spiro atoms. The van der Waals surface area contributed by atoms with Crippen LogP contribution < -0.4 is 5.46 Å². The monoisotopic (exact) mass is 958 g/mol. The number of halogens is 1. The summed E-state index contributed by atoms with van der Waals surface area (Å²) in [5.74, 6) is 3.53. The number of nitrogens with zero attached hydrogens (tertiary/aromatic N) is 6. The van der Waals surface area contributed by atoms with Gasteiger partial charge < -0.3 is 27.8 Å². The molecule has 328 valence electrons. The third kappa shape index (κ3) is 8.34. The molecular weight excluding hydrogens is 902 g/mol. The molecule has 5 heterocycles. The first-order valence-electron chi connectivity index (χ1n) is 21.3. The Morgan fingerprint density at radius 3 is 1.47 bits per heavy atom. The van der Waals surface area contributed by atoms with Crippen molar-refractivity contribution in [3.63, 3.8) is 0 Å². The summed E-state index contributed by atoms with van der Waals surface area (Å²) in [5, 5.41) is 8.20. The lowest BCUT2D eigenvalue weighted by molar-refractivity contribution is 0.00578. The number of benzene rings is 2. The number of hydrogen-bond donors (Lipinski definition) is 0. The van der Waals surface area contributed by atoms with E-state index in [0.29, 0.717) is 22.7 Å². The molecule has 62 heavy (non-hydrogen) atoms. The van der Waals surface area contributed by atoms with E-state index >= 15 is 0 Å². The van der Waals surface area contributed by atoms with Crippen molar-refractivity contribution in [1.29, 1.82) is 0 Å². The Morgan fingerprint density at radius 1 is 0.677 bits per heavy atom. The summed E-state index contributed by atoms with van der Waals surface area (Å²) >= 11 is 2.28. The summed E-state index contributed by atoms with van der Waals surface area (Å²) in [6, 6.07) is 8.06. The highest BCUT2D eigenvalue weighted by Gasteiger charge is 2.53. The Balaban J connectivity index is 0.000000176. The molecule has 0 atom stereocenters. The van der Waals surface area contributed by atoms with Crippen LogP contribution in [0.15, 0.2) is 33.3 Å². The average Bonchev–Trinajstić information content (AvgIpc) is 4.02. The largest absolute Gasteiger partial charge is 0.497 e. The lowest BCUT2D eigenvalue weighted by Gasteiger charge is -2.32. The van der Waals surface area contributed by atoms with Gasteiger partial charge in [0, 0.05) is 32.0 Å². The molecule has 2 saturated carbocycles. The van der Waals surface area contributed by atoms with Crippen LogP contribution in [0.4, 0.5) is 9.59 Å². The number of aryl methyl sites for hydroxylation is 4. The number of hydrogen-bond acceptors (Lipinski definition) is 12. The van der Waals surface area contributed by atoms with Crippen LogP contribution in [0, 0.1) is 31.3 Å². The Labute approximate surface area is 376 Å². The van der Waals surface area contributed by atoms with Crippen molar-refractivity contribution in [3.05, 3.63) is 62.4 Å². The van der Waals surface area contributed by atoms with Gasteiger partial charge in [-0.2, -0.15) is 0 Å². The molecule has 1 aliphatic heterocycles. The van der Waals surface area contributed by atoms with E-state index in [0.717, 1.165) is 96.8 Å². The lowest BCUT2D eigenvalue weighted by Crippen LogP contribution is -2.41. The zero-order valence-corrected chi connectivity index (χ0v) is 40.4. The van der Waals surface area contributed by atoms with Gasteiger partial charge in [0.15, 0.2) is 0 Å². The molecule has 0 N–H and O–H groups in total. The minimum atomic E-state index is -0.642. The summed E-state index contributed by atoms with van der Waals surface area (Å²) in [6.07, 6.45) is 3.29. The number of rotatable bonds is 5. The fraction of sp³-hybridized carbons (Fsp3) is 0.522. The molecule has 16 heteroatoms. The minimum absolute atomic E-state index is 0.226. The van der Waals surface area contributed by atoms with Crippen molar-refractivity contribution in [2.24, 2.45) is 0 Å². The van der Waals surface area contributed by atoms with Gasteiger partial charge in [0.2, 0.25) is 0 Å². The molecule has 1 saturated heterocycles. The fourth-order valence-corrected chi connectivity index (χ4v) is 8.57. The summed E-state index contributed by atoms with van der Waals surface area (Å²) in [4.78, 5) is 36.3. The maximum Gasteiger partial charge on any atom is 0.497 e. The summed E-state index contributed by atoms with van der Waals surface area (Å²) in [5.41, 5.74) is 6.77. The first kappa shape index (κ1) is 44.1. The number of carbonyl (C=O) groups excluding carboxylic acids is 2. The van der Waals surface area contributed by atoms with Gasteiger partial charge in [-0.15, -0.1) is 0 Å². The topological polar surface area (TPSA) is 159 Å². The van der Waals surface area contributed by atoms with E-state index in [1.807, 2.05) is 115 Å². The van der Waals surface area contributed by atoms with Crippen molar-refractivity contribution in [1.82, 2.24) is 29.4 Å². The standard InChI is InChI=1S/C26H34BN3O5.C20H22IN3O3/c1-14-20(15(2)33-29-14)17-12-18(27-34-25(6,7)26(8,9)35-27)21-19(13-17)30(22(28-21)16-10-11-16)23(31)32-24(3,4)5;1-10-16(11(2)27-23-10)13-8-14(21)17-15(9-13)24(18(22-17)12-6-7-12)19(25)26-20(3,4)5/h12-13,16H,10-11H2,1-9H3;8-9,12H,6-7H2,1-5H3. The number of fused-ring (bicyclic) bond motifs is 2. The van der Waals surface area contributed by atoms with Gasteiger partial charge in [-0.25, -0.2) is 28.7 Å². The number of ether oxygens (including phenoxy) is 2. The van der Waals surface area contributed by atoms with Gasteiger partial charge in [0.25, 0.3) is 0 Å². The van der Waals surface area contributed by atoms with E-state index in [4.69, 9.17) is 37.8 Å². The summed E-state index contributed by atoms with van der Waals surface area (Å²) in [6.45, 7) is 26.9. The molecule has 2 aromatic carbocycles. The second-order valence-corrected chi connectivity index (χ2v) is 21.0. The molecule has 0 bridgehead atoms. The van der Waals surface area contributed by atoms with Gasteiger partial charge in [0.05, 0.1) is 39.1 Å². The SMILES string of the molecule is Cc1noc(C)c1-c1cc(B2OC(C)(C)C(C)(C)O2)c2nc(C3CC3)n(C(=O)OC(C)(C)C)c2c1.Cc1noc(C)c1-c1cc(I)c2nc(C3CC3)n(C(=O)OC(C)(C)C)c2c1. The van der Waals surface area contributed by atoms with Crippen molar-refractivity contribution in [2.45, 2.75) is 157 Å². The predicted molar refractivity (Wildman–Crippen MR) is 245 cm³/mol. The highest BCUT2D eigenvalue weighted by atomic mass is 127. The predicted octanol–water partition coefficient (Wildman–Crippen LogP) is 10.8. The second kappa shape index (κ2) is 15.3. The molecule has 3 aliphatic rings. The molecule has 4 aromatic heterocycles. The molecule has 3 fully saturated rings. The Hall–Kier alpha value is -4.55. The third-order valence-electron chi connectivity index (χ3n) is 11.7. The molecular formula is C46H56BIN6O8. The summed E-state index contributed by atoms with van der Waals surface area (Å²) in [7, 11) is -0.642. The van der Waals surface area contributed by atoms with Crippen molar-refractivity contribution in [3.8, 4) is 22.3 Å². The minimum Gasteiger partial charge on any atom is -0.443 e. The summed E-state index contributed by atoms with van der Waals surface area (Å²) < 4.78 is 39.4. The first-order chi connectivity index (χ1) is 28.8. The van der Waals surface area contributed by atoms with Gasteiger partial charge in [-0.05, 0) is 175 Å². The molecule has 0 amide bonds. The second-order valence-electron chi connectivity index (χ2n) is 19.9. The van der Waals surface area contributed by atoms with E-state index in [1.165, 1.54) is 0 Å². The van der Waals surface area contributed by atoms with Crippen LogP contribution in [0.2, 0.25) is 0 Å². The van der Waals surface area contributed by atoms with Gasteiger partial charge >= 0.3 is 19.3 Å². The van der Waals surface area contributed by atoms with Crippen LogP contribution >= 0.6 is 22.6 Å². The van der Waals surface area contributed by atoms with Crippen molar-refractivity contribution in [2.75, 3.05) is 0 Å². The number of carbonyl (C=O) groups is 2. The molecule has 0 radical (unpaired) electrons. The normalized spacial score (nSPS) is 17.4. The zero-order chi connectivity index (χ0) is 45.0. The average molecular weight is 959 g/mol. The first-order valence-corrected chi connectivity index (χ1v) is 22.4. The van der Waals surface area contributed by atoms with Crippen LogP contribution in [0.1, 0.15) is 141 Å². The van der Waals surface area contributed by atoms with Crippen LogP contribution in [0.5, 0.6) is 0 Å². The lowest BCUT2D eigenvalue weighted by atomic mass is 9.76. The molecule has 9 rings (SSSR count). The van der Waals surface area contributed by atoms with Gasteiger partial charge in [0.1, 0.15) is 39.9 Å². The van der Waals surface area contributed by atoms with Crippen molar-refractivity contribution >= 4 is 69.4 Å². The maximum absolute atomic E-state index is 13.5. The smallest absolute Gasteiger partial charge is 0.443 e. The third-order valence-corrected chi connectivity index (χ3v) is 12.6. The Morgan fingerprint density at radius 2 is 1.08 bits per heavy atom. The van der Waals surface area contributed by atoms with Crippen molar-refractivity contribution < 1.29 is 37.4 Å². The van der Waals surface area contributed by atoms with Crippen LogP contribution in [-0.2, 0) is 18.8 Å². The maximum atomic E-state index is 13.5. The Kier molecular flexibility index (Phi) is 10.9. The van der Waals surface area contributed by atoms with E-state index in [-0.39, 0.29) is 12.0 Å². The fourth-order valence-electron chi connectivity index (χ4n) is 7.83.